The number of hydrogen-bond donors (Lipinski definition) is 2. The summed E-state index contributed by atoms with van der Waals surface area (Å²) in [5.41, 5.74) is 0.0691. The molecule has 2 unspecified atom stereocenters. The van der Waals surface area contributed by atoms with E-state index in [-0.39, 0.29) is 11.3 Å². The minimum atomic E-state index is -4.49. The number of methoxy groups -OCH3 is 1. The number of para-hydroxylation sites is 1. The van der Waals surface area contributed by atoms with Crippen LogP contribution >= 0.6 is 11.6 Å². The summed E-state index contributed by atoms with van der Waals surface area (Å²) >= 11 is 5.92. The number of rotatable bonds is 9. The molecule has 3 aromatic carbocycles. The van der Waals surface area contributed by atoms with E-state index < -0.39 is 40.0 Å². The molecule has 35 heavy (non-hydrogen) atoms. The quantitative estimate of drug-likeness (QED) is 0.440. The number of nitrogens with zero attached hydrogens (tertiary/aromatic N) is 1. The molecule has 0 heterocycles. The highest BCUT2D eigenvalue weighted by Gasteiger charge is 2.69. The van der Waals surface area contributed by atoms with Gasteiger partial charge in [-0.05, 0) is 53.4 Å². The first kappa shape index (κ1) is 24.7. The largest absolute Gasteiger partial charge is 0.496 e. The molecule has 1 aliphatic carbocycles. The molecule has 182 valence electrons. The number of halogens is 1. The zero-order valence-corrected chi connectivity index (χ0v) is 20.2. The Kier molecular flexibility index (Phi) is 6.59. The Morgan fingerprint density at radius 3 is 2.11 bits per heavy atom. The Bertz CT molecular complexity index is 1370. The van der Waals surface area contributed by atoms with E-state index in [0.29, 0.717) is 20.6 Å². The van der Waals surface area contributed by atoms with E-state index in [4.69, 9.17) is 16.3 Å². The third-order valence-corrected chi connectivity index (χ3v) is 8.32. The minimum absolute atomic E-state index is 0.0852. The maximum atomic E-state index is 13.6. The van der Waals surface area contributed by atoms with Gasteiger partial charge in [0.1, 0.15) is 17.8 Å². The van der Waals surface area contributed by atoms with Crippen LogP contribution in [0.2, 0.25) is 5.02 Å². The molecule has 8 nitrogen and oxygen atoms in total. The fraction of sp³-hybridized carbons (Fsp3) is 0.200. The van der Waals surface area contributed by atoms with Gasteiger partial charge in [0.2, 0.25) is 10.0 Å². The van der Waals surface area contributed by atoms with Gasteiger partial charge >= 0.3 is 11.9 Å². The van der Waals surface area contributed by atoms with E-state index in [1.54, 1.807) is 60.7 Å². The van der Waals surface area contributed by atoms with Gasteiger partial charge < -0.3 is 14.9 Å². The second-order valence-corrected chi connectivity index (χ2v) is 10.5. The predicted octanol–water partition coefficient (Wildman–Crippen LogP) is 4.10. The average molecular weight is 516 g/mol. The van der Waals surface area contributed by atoms with Gasteiger partial charge in [-0.3, -0.25) is 9.59 Å². The van der Waals surface area contributed by atoms with Crippen LogP contribution in [-0.2, 0) is 19.6 Å². The van der Waals surface area contributed by atoms with Crippen molar-refractivity contribution in [1.82, 2.24) is 4.31 Å². The van der Waals surface area contributed by atoms with Crippen molar-refractivity contribution in [3.8, 4) is 16.9 Å². The van der Waals surface area contributed by atoms with Crippen LogP contribution in [0.5, 0.6) is 5.75 Å². The first-order valence-corrected chi connectivity index (χ1v) is 12.4. The van der Waals surface area contributed by atoms with Gasteiger partial charge in [0.15, 0.2) is 0 Å². The number of sulfonamides is 1. The highest BCUT2D eigenvalue weighted by atomic mass is 35.5. The number of ether oxygens (including phenoxy) is 1. The van der Waals surface area contributed by atoms with Crippen molar-refractivity contribution >= 4 is 33.6 Å². The lowest BCUT2D eigenvalue weighted by Crippen LogP contribution is -2.50. The van der Waals surface area contributed by atoms with Crippen LogP contribution in [0.25, 0.3) is 11.1 Å². The molecule has 0 amide bonds. The van der Waals surface area contributed by atoms with Crippen molar-refractivity contribution in [3.05, 3.63) is 83.4 Å². The van der Waals surface area contributed by atoms with Gasteiger partial charge in [-0.15, -0.1) is 0 Å². The Hall–Kier alpha value is -3.40. The molecular formula is C25H22ClNO7S. The molecule has 0 saturated heterocycles. The number of carbonyl (C=O) groups is 2. The van der Waals surface area contributed by atoms with E-state index in [2.05, 4.69) is 0 Å². The molecule has 2 N–H and O–H groups in total. The Morgan fingerprint density at radius 1 is 1.00 bits per heavy atom. The highest BCUT2D eigenvalue weighted by Crippen LogP contribution is 2.59. The molecule has 1 fully saturated rings. The second kappa shape index (κ2) is 9.33. The van der Waals surface area contributed by atoms with Crippen molar-refractivity contribution in [2.45, 2.75) is 22.8 Å². The zero-order chi connectivity index (χ0) is 25.4. The summed E-state index contributed by atoms with van der Waals surface area (Å²) in [6, 6.07) is 19.5. The van der Waals surface area contributed by atoms with Gasteiger partial charge in [-0.2, -0.15) is 4.31 Å². The van der Waals surface area contributed by atoms with Crippen LogP contribution in [0.1, 0.15) is 17.9 Å². The van der Waals surface area contributed by atoms with Gasteiger partial charge in [-0.25, -0.2) is 8.42 Å². The van der Waals surface area contributed by atoms with Crippen LogP contribution in [0.15, 0.2) is 77.7 Å². The number of carboxylic acid groups (broad SMARTS) is 2. The molecule has 3 aromatic rings. The van der Waals surface area contributed by atoms with Crippen molar-refractivity contribution < 1.29 is 33.0 Å². The highest BCUT2D eigenvalue weighted by molar-refractivity contribution is 7.89. The van der Waals surface area contributed by atoms with Gasteiger partial charge in [0.05, 0.1) is 12.0 Å². The summed E-state index contributed by atoms with van der Waals surface area (Å²) < 4.78 is 33.2. The summed E-state index contributed by atoms with van der Waals surface area (Å²) in [7, 11) is -3.06. The molecule has 1 saturated carbocycles. The number of benzene rings is 3. The third-order valence-electron chi connectivity index (χ3n) is 6.16. The van der Waals surface area contributed by atoms with Crippen LogP contribution in [0, 0.1) is 0 Å². The van der Waals surface area contributed by atoms with Crippen molar-refractivity contribution in [2.75, 3.05) is 13.7 Å². The first-order valence-electron chi connectivity index (χ1n) is 10.6. The molecule has 0 bridgehead atoms. The van der Waals surface area contributed by atoms with E-state index in [0.717, 1.165) is 11.1 Å². The van der Waals surface area contributed by atoms with Crippen LogP contribution in [0.3, 0.4) is 0 Å². The lowest BCUT2D eigenvalue weighted by molar-refractivity contribution is -0.145. The Balaban J connectivity index is 1.75. The lowest BCUT2D eigenvalue weighted by Gasteiger charge is -2.28. The molecular weight excluding hydrogens is 494 g/mol. The monoisotopic (exact) mass is 515 g/mol. The summed E-state index contributed by atoms with van der Waals surface area (Å²) in [6.07, 6.45) is -0.0852. The molecule has 0 spiro atoms. The van der Waals surface area contributed by atoms with Gasteiger partial charge in [0.25, 0.3) is 0 Å². The fourth-order valence-corrected chi connectivity index (χ4v) is 6.19. The molecule has 10 heteroatoms. The normalized spacial score (nSPS) is 19.3. The van der Waals surface area contributed by atoms with E-state index in [1.165, 1.54) is 19.2 Å². The number of hydrogen-bond acceptors (Lipinski definition) is 5. The van der Waals surface area contributed by atoms with Gasteiger partial charge in [-0.1, -0.05) is 54.1 Å². The van der Waals surface area contributed by atoms with E-state index >= 15 is 0 Å². The molecule has 1 aliphatic rings. The van der Waals surface area contributed by atoms with Crippen LogP contribution in [-0.4, -0.2) is 54.1 Å². The van der Waals surface area contributed by atoms with E-state index in [1.807, 2.05) is 0 Å². The second-order valence-electron chi connectivity index (χ2n) is 8.16. The predicted molar refractivity (Wildman–Crippen MR) is 129 cm³/mol. The SMILES string of the molecule is COc1ccccc1C1CC1(C(=O)O)N(CC(=O)O)S(=O)(=O)c1ccc(-c2ccc(Cl)cc2)cc1. The summed E-state index contributed by atoms with van der Waals surface area (Å²) in [5.74, 6) is -3.26. The maximum absolute atomic E-state index is 13.6. The third kappa shape index (κ3) is 4.50. The van der Waals surface area contributed by atoms with Gasteiger partial charge in [0, 0.05) is 10.9 Å². The molecule has 0 radical (unpaired) electrons. The number of carboxylic acids is 2. The fourth-order valence-electron chi connectivity index (χ4n) is 4.34. The van der Waals surface area contributed by atoms with Crippen molar-refractivity contribution in [2.24, 2.45) is 0 Å². The minimum Gasteiger partial charge on any atom is -0.496 e. The standard InChI is InChI=1S/C25H22ClNO7S/c1-34-22-5-3-2-4-20(22)21-14-25(21,24(30)31)27(15-23(28)29)35(32,33)19-12-8-17(9-13-19)16-6-10-18(26)11-7-16/h2-13,21H,14-15H2,1H3,(H,28,29)(H,30,31). The molecule has 0 aromatic heterocycles. The zero-order valence-electron chi connectivity index (χ0n) is 18.6. The number of aliphatic carboxylic acids is 2. The Labute approximate surface area is 207 Å². The average Bonchev–Trinajstić information content (AvgIpc) is 3.59. The van der Waals surface area contributed by atoms with Crippen LogP contribution < -0.4 is 4.74 Å². The van der Waals surface area contributed by atoms with Crippen molar-refractivity contribution in [3.63, 3.8) is 0 Å². The maximum Gasteiger partial charge on any atom is 0.325 e. The molecule has 2 atom stereocenters. The first-order chi connectivity index (χ1) is 16.6. The lowest BCUT2D eigenvalue weighted by atomic mass is 10.0. The smallest absolute Gasteiger partial charge is 0.325 e. The van der Waals surface area contributed by atoms with E-state index in [9.17, 15) is 28.2 Å². The summed E-state index contributed by atoms with van der Waals surface area (Å²) in [5, 5.41) is 20.2. The summed E-state index contributed by atoms with van der Waals surface area (Å²) in [4.78, 5) is 24.0. The topological polar surface area (TPSA) is 121 Å². The van der Waals surface area contributed by atoms with Crippen LogP contribution in [0.4, 0.5) is 0 Å². The molecule has 4 rings (SSSR count). The summed E-state index contributed by atoms with van der Waals surface area (Å²) in [6.45, 7) is -1.00. The Morgan fingerprint density at radius 2 is 1.57 bits per heavy atom. The van der Waals surface area contributed by atoms with Crippen molar-refractivity contribution in [1.29, 1.82) is 0 Å². The molecule has 0 aliphatic heterocycles.